The molecule has 1 unspecified atom stereocenters. The zero-order valence-electron chi connectivity index (χ0n) is 9.70. The van der Waals surface area contributed by atoms with Gasteiger partial charge in [0.2, 0.25) is 0 Å². The lowest BCUT2D eigenvalue weighted by Crippen LogP contribution is -2.00. The van der Waals surface area contributed by atoms with Crippen LogP contribution in [0.4, 0.5) is 0 Å². The molecule has 2 rings (SSSR count). The minimum absolute atomic E-state index is 0.0355. The normalized spacial score (nSPS) is 12.4. The molecular weight excluding hydrogens is 218 g/mol. The molecule has 1 N–H and O–H groups in total. The van der Waals surface area contributed by atoms with Gasteiger partial charge < -0.3 is 9.67 Å². The molecule has 1 aromatic heterocycles. The lowest BCUT2D eigenvalue weighted by atomic mass is 10.1. The Hall–Kier alpha value is -2.04. The highest BCUT2D eigenvalue weighted by Crippen LogP contribution is 2.20. The van der Waals surface area contributed by atoms with Gasteiger partial charge in [0.25, 0.3) is 0 Å². The Balaban J connectivity index is 2.40. The highest BCUT2D eigenvalue weighted by atomic mass is 16.3. The van der Waals surface area contributed by atoms with Crippen LogP contribution in [0.5, 0.6) is 0 Å². The first-order chi connectivity index (χ1) is 8.13. The number of aryl methyl sites for hydroxylation is 2. The summed E-state index contributed by atoms with van der Waals surface area (Å²) in [4.78, 5) is 7.01. The number of hydrogen-bond donors (Lipinski definition) is 1. The molecule has 1 aromatic carbocycles. The van der Waals surface area contributed by atoms with Crippen molar-refractivity contribution in [3.8, 4) is 0 Å². The van der Waals surface area contributed by atoms with Gasteiger partial charge >= 0.3 is 0 Å². The number of rotatable bonds is 3. The van der Waals surface area contributed by atoms with Crippen molar-refractivity contribution in [3.63, 3.8) is 0 Å². The molecule has 0 aliphatic carbocycles. The van der Waals surface area contributed by atoms with Gasteiger partial charge in [-0.3, -0.25) is 0 Å². The number of aliphatic hydroxyl groups excluding tert-OH is 1. The zero-order chi connectivity index (χ0) is 12.4. The lowest BCUT2D eigenvalue weighted by molar-refractivity contribution is 0.187. The molecule has 0 saturated heterocycles. The number of benzene rings is 1. The van der Waals surface area contributed by atoms with Gasteiger partial charge in [0.1, 0.15) is 5.82 Å². The van der Waals surface area contributed by atoms with E-state index in [0.717, 1.165) is 16.9 Å². The summed E-state index contributed by atoms with van der Waals surface area (Å²) in [5.74, 6) is 0.918. The van der Waals surface area contributed by atoms with Crippen LogP contribution in [0.2, 0.25) is 0 Å². The van der Waals surface area contributed by atoms with Gasteiger partial charge in [-0.2, -0.15) is 0 Å². The van der Waals surface area contributed by atoms with E-state index >= 15 is 0 Å². The van der Waals surface area contributed by atoms with Crippen molar-refractivity contribution in [1.29, 1.82) is 0 Å². The fourth-order valence-electron chi connectivity index (χ4n) is 1.76. The van der Waals surface area contributed by atoms with Crippen molar-refractivity contribution in [2.45, 2.75) is 13.0 Å². The van der Waals surface area contributed by atoms with E-state index in [1.165, 1.54) is 0 Å². The second-order valence-corrected chi connectivity index (χ2v) is 3.90. The molecule has 1 heterocycles. The Morgan fingerprint density at radius 3 is 3.06 bits per heavy atom. The van der Waals surface area contributed by atoms with Gasteiger partial charge in [0.05, 0.1) is 23.7 Å². The Morgan fingerprint density at radius 1 is 1.59 bits per heavy atom. The third-order valence-electron chi connectivity index (χ3n) is 2.83. The predicted octanol–water partition coefficient (Wildman–Crippen LogP) is 2.23. The summed E-state index contributed by atoms with van der Waals surface area (Å²) >= 11 is 0. The number of aromatic nitrogens is 2. The molecule has 0 aliphatic heterocycles. The highest BCUT2D eigenvalue weighted by Gasteiger charge is 2.10. The van der Waals surface area contributed by atoms with Crippen LogP contribution in [0, 0.1) is 6.92 Å². The van der Waals surface area contributed by atoms with Crippen LogP contribution in [-0.4, -0.2) is 21.2 Å². The molecule has 0 bridgehead atoms. The molecule has 88 valence electrons. The van der Waals surface area contributed by atoms with Crippen molar-refractivity contribution < 1.29 is 5.11 Å². The van der Waals surface area contributed by atoms with Crippen molar-refractivity contribution in [2.24, 2.45) is 12.2 Å². The minimum Gasteiger partial charge on any atom is -0.388 e. The van der Waals surface area contributed by atoms with Gasteiger partial charge in [0, 0.05) is 12.0 Å². The number of azide groups is 1. The van der Waals surface area contributed by atoms with Gasteiger partial charge in [0.15, 0.2) is 0 Å². The molecule has 0 radical (unpaired) electrons. The van der Waals surface area contributed by atoms with Crippen LogP contribution in [0.3, 0.4) is 0 Å². The highest BCUT2D eigenvalue weighted by molar-refractivity contribution is 5.76. The minimum atomic E-state index is -0.780. The molecule has 0 spiro atoms. The second-order valence-electron chi connectivity index (χ2n) is 3.90. The number of nitrogens with zero attached hydrogens (tertiary/aromatic N) is 5. The van der Waals surface area contributed by atoms with Crippen LogP contribution in [0.25, 0.3) is 21.5 Å². The molecule has 6 heteroatoms. The van der Waals surface area contributed by atoms with E-state index in [1.54, 1.807) is 0 Å². The van der Waals surface area contributed by atoms with E-state index in [4.69, 9.17) is 5.53 Å². The molecule has 2 aromatic rings. The fourth-order valence-corrected chi connectivity index (χ4v) is 1.76. The maximum atomic E-state index is 9.79. The standard InChI is InChI=1S/C11H13N5O/c1-7-14-9-5-8(11(17)6-13-15-12)3-4-10(9)16(7)2/h3-5,11,17H,6H2,1-2H3. The summed E-state index contributed by atoms with van der Waals surface area (Å²) in [5, 5.41) is 13.1. The van der Waals surface area contributed by atoms with E-state index in [-0.39, 0.29) is 6.54 Å². The number of fused-ring (bicyclic) bond motifs is 1. The lowest BCUT2D eigenvalue weighted by Gasteiger charge is -2.07. The van der Waals surface area contributed by atoms with Crippen LogP contribution in [-0.2, 0) is 7.05 Å². The van der Waals surface area contributed by atoms with Crippen molar-refractivity contribution in [3.05, 3.63) is 40.0 Å². The average Bonchev–Trinajstić information content (AvgIpc) is 2.61. The van der Waals surface area contributed by atoms with E-state index < -0.39 is 6.10 Å². The monoisotopic (exact) mass is 231 g/mol. The summed E-state index contributed by atoms with van der Waals surface area (Å²) in [6, 6.07) is 5.55. The first kappa shape index (κ1) is 11.4. The Kier molecular flexibility index (Phi) is 2.99. The van der Waals surface area contributed by atoms with Crippen molar-refractivity contribution in [1.82, 2.24) is 9.55 Å². The molecule has 0 saturated carbocycles. The van der Waals surface area contributed by atoms with E-state index in [9.17, 15) is 5.11 Å². The number of aliphatic hydroxyl groups is 1. The van der Waals surface area contributed by atoms with E-state index in [1.807, 2.05) is 36.7 Å². The summed E-state index contributed by atoms with van der Waals surface area (Å²) in [7, 11) is 1.95. The first-order valence-electron chi connectivity index (χ1n) is 5.25. The molecule has 17 heavy (non-hydrogen) atoms. The zero-order valence-corrected chi connectivity index (χ0v) is 9.70. The second kappa shape index (κ2) is 4.45. The number of imidazole rings is 1. The average molecular weight is 231 g/mol. The maximum Gasteiger partial charge on any atom is 0.106 e. The van der Waals surface area contributed by atoms with Crippen LogP contribution >= 0.6 is 0 Å². The molecule has 0 aliphatic rings. The van der Waals surface area contributed by atoms with Crippen LogP contribution < -0.4 is 0 Å². The van der Waals surface area contributed by atoms with Crippen molar-refractivity contribution in [2.75, 3.05) is 6.54 Å². The molecule has 0 amide bonds. The smallest absolute Gasteiger partial charge is 0.106 e. The van der Waals surface area contributed by atoms with E-state index in [0.29, 0.717) is 5.56 Å². The predicted molar refractivity (Wildman–Crippen MR) is 64.4 cm³/mol. The topological polar surface area (TPSA) is 86.8 Å². The van der Waals surface area contributed by atoms with Gasteiger partial charge in [-0.25, -0.2) is 4.98 Å². The van der Waals surface area contributed by atoms with Crippen LogP contribution in [0.15, 0.2) is 23.3 Å². The summed E-state index contributed by atoms with van der Waals surface area (Å²) < 4.78 is 1.99. The Labute approximate surface area is 98.1 Å². The molecular formula is C11H13N5O. The van der Waals surface area contributed by atoms with Crippen molar-refractivity contribution >= 4 is 11.0 Å². The summed E-state index contributed by atoms with van der Waals surface area (Å²) in [6.45, 7) is 1.96. The van der Waals surface area contributed by atoms with E-state index in [2.05, 4.69) is 15.0 Å². The van der Waals surface area contributed by atoms with Gasteiger partial charge in [-0.1, -0.05) is 11.2 Å². The molecule has 1 atom stereocenters. The molecule has 6 nitrogen and oxygen atoms in total. The first-order valence-corrected chi connectivity index (χ1v) is 5.25. The summed E-state index contributed by atoms with van der Waals surface area (Å²) in [5.41, 5.74) is 10.8. The number of hydrogen-bond acceptors (Lipinski definition) is 3. The maximum absolute atomic E-state index is 9.79. The fraction of sp³-hybridized carbons (Fsp3) is 0.364. The van der Waals surface area contributed by atoms with Gasteiger partial charge in [-0.05, 0) is 30.2 Å². The Morgan fingerprint density at radius 2 is 2.35 bits per heavy atom. The SMILES string of the molecule is Cc1nc2cc(C(O)CN=[N+]=[N-])ccc2n1C. The van der Waals surface area contributed by atoms with Crippen LogP contribution in [0.1, 0.15) is 17.5 Å². The molecule has 0 fully saturated rings. The quantitative estimate of drug-likeness (QED) is 0.498. The Bertz CT molecular complexity index is 597. The van der Waals surface area contributed by atoms with Gasteiger partial charge in [-0.15, -0.1) is 0 Å². The largest absolute Gasteiger partial charge is 0.388 e. The third kappa shape index (κ3) is 2.08. The summed E-state index contributed by atoms with van der Waals surface area (Å²) in [6.07, 6.45) is -0.780. The third-order valence-corrected chi connectivity index (χ3v) is 2.83.